The average molecular weight is 396 g/mol. The van der Waals surface area contributed by atoms with Crippen LogP contribution in [0, 0.1) is 11.3 Å². The summed E-state index contributed by atoms with van der Waals surface area (Å²) in [7, 11) is 0. The van der Waals surface area contributed by atoms with Crippen LogP contribution in [0.3, 0.4) is 0 Å². The molecule has 0 radical (unpaired) electrons. The Morgan fingerprint density at radius 3 is 2.86 bits per heavy atom. The minimum atomic E-state index is 0.0618. The van der Waals surface area contributed by atoms with Gasteiger partial charge in [0.25, 0.3) is 5.91 Å². The van der Waals surface area contributed by atoms with E-state index >= 15 is 0 Å². The standard InChI is InChI=1S/C23H33N5O/c29-21(20-16-27-13-5-11-24-22(27)25-20)28-15-10-23(18-28)9-4-12-26(17-23)14-8-19-6-2-1-3-7-19/h5,11,13,16,19H,1-4,6-10,12,14-15,17-18H2/t23-/m1/s1. The van der Waals surface area contributed by atoms with Gasteiger partial charge >= 0.3 is 0 Å². The first kappa shape index (κ1) is 19.0. The third-order valence-corrected chi connectivity index (χ3v) is 7.50. The summed E-state index contributed by atoms with van der Waals surface area (Å²) < 4.78 is 1.83. The third-order valence-electron chi connectivity index (χ3n) is 7.50. The van der Waals surface area contributed by atoms with Crippen molar-refractivity contribution in [1.82, 2.24) is 24.2 Å². The van der Waals surface area contributed by atoms with E-state index in [4.69, 9.17) is 0 Å². The van der Waals surface area contributed by atoms with Gasteiger partial charge in [0.15, 0.2) is 0 Å². The summed E-state index contributed by atoms with van der Waals surface area (Å²) in [6, 6.07) is 1.86. The predicted molar refractivity (Wildman–Crippen MR) is 113 cm³/mol. The van der Waals surface area contributed by atoms with Crippen LogP contribution in [0.4, 0.5) is 0 Å². The number of imidazole rings is 1. The number of fused-ring (bicyclic) bond motifs is 1. The van der Waals surface area contributed by atoms with Gasteiger partial charge in [0.2, 0.25) is 5.78 Å². The van der Waals surface area contributed by atoms with E-state index in [9.17, 15) is 4.79 Å². The molecule has 6 heteroatoms. The van der Waals surface area contributed by atoms with Crippen LogP contribution in [0.25, 0.3) is 5.78 Å². The largest absolute Gasteiger partial charge is 0.337 e. The van der Waals surface area contributed by atoms with Crippen molar-refractivity contribution < 1.29 is 4.79 Å². The molecule has 0 N–H and O–H groups in total. The Morgan fingerprint density at radius 2 is 2.00 bits per heavy atom. The summed E-state index contributed by atoms with van der Waals surface area (Å²) in [4.78, 5) is 26.5. The molecule has 1 aliphatic carbocycles. The summed E-state index contributed by atoms with van der Waals surface area (Å²) in [5.74, 6) is 1.61. The Morgan fingerprint density at radius 1 is 1.10 bits per heavy atom. The number of aromatic nitrogens is 3. The van der Waals surface area contributed by atoms with Crippen LogP contribution in [0.2, 0.25) is 0 Å². The lowest BCUT2D eigenvalue weighted by Crippen LogP contribution is -2.46. The smallest absolute Gasteiger partial charge is 0.274 e. The fourth-order valence-electron chi connectivity index (χ4n) is 5.88. The second-order valence-corrected chi connectivity index (χ2v) is 9.60. The van der Waals surface area contributed by atoms with E-state index in [1.165, 1.54) is 64.5 Å². The lowest BCUT2D eigenvalue weighted by molar-refractivity contribution is 0.0670. The molecular formula is C23H33N5O. The SMILES string of the molecule is O=C(c1cn2cccnc2n1)N1CC[C@@]2(CCCN(CCC3CCCCC3)C2)C1. The van der Waals surface area contributed by atoms with Gasteiger partial charge < -0.3 is 9.80 Å². The minimum absolute atomic E-state index is 0.0618. The number of rotatable bonds is 4. The molecule has 1 atom stereocenters. The predicted octanol–water partition coefficient (Wildman–Crippen LogP) is 3.63. The topological polar surface area (TPSA) is 53.7 Å². The number of hydrogen-bond acceptors (Lipinski definition) is 4. The fourth-order valence-corrected chi connectivity index (χ4v) is 5.88. The lowest BCUT2D eigenvalue weighted by atomic mass is 9.79. The van der Waals surface area contributed by atoms with Crippen LogP contribution < -0.4 is 0 Å². The van der Waals surface area contributed by atoms with Gasteiger partial charge in [-0.05, 0) is 50.8 Å². The molecule has 4 heterocycles. The van der Waals surface area contributed by atoms with E-state index in [-0.39, 0.29) is 11.3 Å². The Bertz CT molecular complexity index is 825. The molecule has 2 aliphatic heterocycles. The second kappa shape index (κ2) is 8.05. The summed E-state index contributed by atoms with van der Waals surface area (Å²) in [5.41, 5.74) is 0.809. The molecule has 156 valence electrons. The van der Waals surface area contributed by atoms with Crippen LogP contribution >= 0.6 is 0 Å². The second-order valence-electron chi connectivity index (χ2n) is 9.60. The van der Waals surface area contributed by atoms with Gasteiger partial charge in [0.05, 0.1) is 0 Å². The number of carbonyl (C=O) groups excluding carboxylic acids is 1. The highest BCUT2D eigenvalue weighted by Gasteiger charge is 2.43. The molecule has 2 saturated heterocycles. The van der Waals surface area contributed by atoms with Crippen molar-refractivity contribution in [3.63, 3.8) is 0 Å². The summed E-state index contributed by atoms with van der Waals surface area (Å²) in [5, 5.41) is 0. The van der Waals surface area contributed by atoms with E-state index in [1.54, 1.807) is 6.20 Å². The molecule has 2 aromatic rings. The van der Waals surface area contributed by atoms with Crippen molar-refractivity contribution in [3.8, 4) is 0 Å². The Balaban J connectivity index is 1.20. The Hall–Kier alpha value is -1.95. The van der Waals surface area contributed by atoms with Gasteiger partial charge in [0.1, 0.15) is 5.69 Å². The van der Waals surface area contributed by atoms with E-state index in [2.05, 4.69) is 14.9 Å². The van der Waals surface area contributed by atoms with Crippen LogP contribution in [-0.2, 0) is 0 Å². The van der Waals surface area contributed by atoms with Crippen LogP contribution in [-0.4, -0.2) is 62.8 Å². The molecule has 1 saturated carbocycles. The monoisotopic (exact) mass is 395 g/mol. The normalized spacial score (nSPS) is 26.6. The molecule has 0 aromatic carbocycles. The first-order valence-electron chi connectivity index (χ1n) is 11.5. The maximum Gasteiger partial charge on any atom is 0.274 e. The van der Waals surface area contributed by atoms with E-state index in [1.807, 2.05) is 27.8 Å². The average Bonchev–Trinajstić information content (AvgIpc) is 3.37. The van der Waals surface area contributed by atoms with Crippen molar-refractivity contribution in [1.29, 1.82) is 0 Å². The zero-order valence-electron chi connectivity index (χ0n) is 17.4. The van der Waals surface area contributed by atoms with Crippen molar-refractivity contribution >= 4 is 11.7 Å². The molecule has 3 fully saturated rings. The summed E-state index contributed by atoms with van der Waals surface area (Å²) >= 11 is 0. The number of nitrogens with zero attached hydrogens (tertiary/aromatic N) is 5. The molecule has 5 rings (SSSR count). The maximum absolute atomic E-state index is 13.1. The zero-order valence-corrected chi connectivity index (χ0v) is 17.4. The van der Waals surface area contributed by atoms with Crippen molar-refractivity contribution in [3.05, 3.63) is 30.4 Å². The van der Waals surface area contributed by atoms with Gasteiger partial charge in [0, 0.05) is 43.6 Å². The van der Waals surface area contributed by atoms with Gasteiger partial charge in [-0.25, -0.2) is 9.97 Å². The number of carbonyl (C=O) groups is 1. The van der Waals surface area contributed by atoms with Crippen LogP contribution in [0.15, 0.2) is 24.7 Å². The van der Waals surface area contributed by atoms with E-state index < -0.39 is 0 Å². The van der Waals surface area contributed by atoms with Crippen LogP contribution in [0.5, 0.6) is 0 Å². The fraction of sp³-hybridized carbons (Fsp3) is 0.696. The summed E-state index contributed by atoms with van der Waals surface area (Å²) in [6.07, 6.45) is 17.6. The lowest BCUT2D eigenvalue weighted by Gasteiger charge is -2.41. The molecule has 6 nitrogen and oxygen atoms in total. The molecule has 2 aromatic heterocycles. The molecular weight excluding hydrogens is 362 g/mol. The first-order valence-corrected chi connectivity index (χ1v) is 11.5. The molecule has 0 bridgehead atoms. The Kier molecular flexibility index (Phi) is 5.29. The minimum Gasteiger partial charge on any atom is -0.337 e. The molecule has 3 aliphatic rings. The highest BCUT2D eigenvalue weighted by Crippen LogP contribution is 2.39. The van der Waals surface area contributed by atoms with Crippen molar-refractivity contribution in [2.75, 3.05) is 32.7 Å². The first-order chi connectivity index (χ1) is 14.2. The molecule has 29 heavy (non-hydrogen) atoms. The van der Waals surface area contributed by atoms with Crippen molar-refractivity contribution in [2.45, 2.75) is 57.8 Å². The molecule has 1 amide bonds. The summed E-state index contributed by atoms with van der Waals surface area (Å²) in [6.45, 7) is 5.39. The third kappa shape index (κ3) is 4.04. The maximum atomic E-state index is 13.1. The quantitative estimate of drug-likeness (QED) is 0.793. The number of likely N-dealkylation sites (tertiary alicyclic amines) is 2. The van der Waals surface area contributed by atoms with Gasteiger partial charge in [-0.3, -0.25) is 9.20 Å². The van der Waals surface area contributed by atoms with Crippen LogP contribution in [0.1, 0.15) is 68.3 Å². The van der Waals surface area contributed by atoms with Crippen molar-refractivity contribution in [2.24, 2.45) is 11.3 Å². The van der Waals surface area contributed by atoms with Gasteiger partial charge in [-0.15, -0.1) is 0 Å². The zero-order chi connectivity index (χ0) is 19.7. The van der Waals surface area contributed by atoms with E-state index in [0.29, 0.717) is 11.5 Å². The van der Waals surface area contributed by atoms with E-state index in [0.717, 1.165) is 32.0 Å². The molecule has 0 unspecified atom stereocenters. The number of piperidine rings is 1. The highest BCUT2D eigenvalue weighted by molar-refractivity contribution is 5.93. The molecule has 1 spiro atoms. The number of hydrogen-bond donors (Lipinski definition) is 0. The highest BCUT2D eigenvalue weighted by atomic mass is 16.2. The van der Waals surface area contributed by atoms with Gasteiger partial charge in [-0.2, -0.15) is 0 Å². The Labute approximate surface area is 173 Å². The number of amides is 1. The van der Waals surface area contributed by atoms with Gasteiger partial charge in [-0.1, -0.05) is 32.1 Å².